The fraction of sp³-hybridized carbons (Fsp3) is 0. The highest BCUT2D eigenvalue weighted by Crippen LogP contribution is 2.20. The number of aromatic nitrogens is 2. The minimum atomic E-state index is 0.228. The van der Waals surface area contributed by atoms with Crippen molar-refractivity contribution in [1.82, 2.24) is 10.2 Å². The van der Waals surface area contributed by atoms with E-state index in [9.17, 15) is 0 Å². The Kier molecular flexibility index (Phi) is 2.56. The molecule has 72 valence electrons. The lowest BCUT2D eigenvalue weighted by molar-refractivity contribution is 0.453. The summed E-state index contributed by atoms with van der Waals surface area (Å²) in [6, 6.07) is 12.7. The Morgan fingerprint density at radius 2 is 1.93 bits per heavy atom. The Hall–Kier alpha value is -2.41. The molecule has 0 amide bonds. The van der Waals surface area contributed by atoms with Crippen LogP contribution in [0.2, 0.25) is 0 Å². The molecule has 0 aliphatic heterocycles. The van der Waals surface area contributed by atoms with Gasteiger partial charge in [-0.25, -0.2) is 0 Å². The second-order valence-electron chi connectivity index (χ2n) is 2.78. The third kappa shape index (κ3) is 2.09. The lowest BCUT2D eigenvalue weighted by Crippen LogP contribution is -1.93. The molecule has 15 heavy (non-hydrogen) atoms. The molecule has 1 aromatic heterocycles. The molecule has 2 aromatic rings. The molecule has 0 radical (unpaired) electrons. The standard InChI is InChI=1S/C11H7N3O/c12-8-9-6-7-13-14-11(9)15-10-4-2-1-3-5-10/h1-7H. The van der Waals surface area contributed by atoms with Gasteiger partial charge in [0.1, 0.15) is 17.4 Å². The van der Waals surface area contributed by atoms with E-state index in [0.717, 1.165) is 0 Å². The van der Waals surface area contributed by atoms with Gasteiger partial charge in [0.25, 0.3) is 5.88 Å². The van der Waals surface area contributed by atoms with Gasteiger partial charge in [0, 0.05) is 0 Å². The summed E-state index contributed by atoms with van der Waals surface area (Å²) in [5, 5.41) is 16.2. The van der Waals surface area contributed by atoms with E-state index in [4.69, 9.17) is 10.00 Å². The molecule has 0 aliphatic carbocycles. The van der Waals surface area contributed by atoms with E-state index in [2.05, 4.69) is 10.2 Å². The van der Waals surface area contributed by atoms with Crippen molar-refractivity contribution >= 4 is 0 Å². The van der Waals surface area contributed by atoms with Gasteiger partial charge in [-0.3, -0.25) is 0 Å². The van der Waals surface area contributed by atoms with Crippen LogP contribution in [0, 0.1) is 11.3 Å². The number of para-hydroxylation sites is 1. The summed E-state index contributed by atoms with van der Waals surface area (Å²) >= 11 is 0. The summed E-state index contributed by atoms with van der Waals surface area (Å²) in [5.41, 5.74) is 0.369. The van der Waals surface area contributed by atoms with Crippen molar-refractivity contribution in [3.63, 3.8) is 0 Å². The number of nitrogens with zero attached hydrogens (tertiary/aromatic N) is 3. The molecule has 0 fully saturated rings. The largest absolute Gasteiger partial charge is 0.437 e. The van der Waals surface area contributed by atoms with E-state index in [0.29, 0.717) is 11.3 Å². The lowest BCUT2D eigenvalue weighted by atomic mass is 10.3. The molecule has 0 N–H and O–H groups in total. The zero-order valence-corrected chi connectivity index (χ0v) is 7.79. The molecule has 0 bridgehead atoms. The molecular formula is C11H7N3O. The first kappa shape index (κ1) is 9.16. The molecule has 0 aliphatic rings. The minimum absolute atomic E-state index is 0.228. The fourth-order valence-electron chi connectivity index (χ4n) is 1.08. The molecule has 4 nitrogen and oxygen atoms in total. The zero-order chi connectivity index (χ0) is 10.5. The number of nitriles is 1. The Morgan fingerprint density at radius 1 is 1.13 bits per heavy atom. The monoisotopic (exact) mass is 197 g/mol. The molecule has 4 heteroatoms. The molecule has 2 rings (SSSR count). The summed E-state index contributed by atoms with van der Waals surface area (Å²) in [6.07, 6.45) is 1.45. The van der Waals surface area contributed by atoms with Crippen LogP contribution in [0.5, 0.6) is 11.6 Å². The van der Waals surface area contributed by atoms with E-state index in [1.165, 1.54) is 6.20 Å². The summed E-state index contributed by atoms with van der Waals surface area (Å²) in [7, 11) is 0. The van der Waals surface area contributed by atoms with Gasteiger partial charge in [0.2, 0.25) is 0 Å². The van der Waals surface area contributed by atoms with E-state index < -0.39 is 0 Å². The Bertz CT molecular complexity index is 491. The van der Waals surface area contributed by atoms with Crippen LogP contribution in [0.3, 0.4) is 0 Å². The first-order chi connectivity index (χ1) is 7.40. The van der Waals surface area contributed by atoms with E-state index in [1.54, 1.807) is 18.2 Å². The highest BCUT2D eigenvalue weighted by Gasteiger charge is 2.05. The maximum absolute atomic E-state index is 8.80. The van der Waals surface area contributed by atoms with Crippen molar-refractivity contribution in [3.8, 4) is 17.7 Å². The van der Waals surface area contributed by atoms with Crippen molar-refractivity contribution in [3.05, 3.63) is 48.2 Å². The normalized spacial score (nSPS) is 9.27. The maximum Gasteiger partial charge on any atom is 0.256 e. The summed E-state index contributed by atoms with van der Waals surface area (Å²) in [5.74, 6) is 0.862. The van der Waals surface area contributed by atoms with Gasteiger partial charge >= 0.3 is 0 Å². The fourth-order valence-corrected chi connectivity index (χ4v) is 1.08. The second kappa shape index (κ2) is 4.20. The van der Waals surface area contributed by atoms with Crippen LogP contribution < -0.4 is 4.74 Å². The van der Waals surface area contributed by atoms with Crippen molar-refractivity contribution in [2.45, 2.75) is 0 Å². The smallest absolute Gasteiger partial charge is 0.256 e. The number of rotatable bonds is 2. The Labute approximate surface area is 86.8 Å². The average Bonchev–Trinajstić information content (AvgIpc) is 2.31. The molecule has 0 saturated heterocycles. The van der Waals surface area contributed by atoms with Crippen molar-refractivity contribution in [1.29, 1.82) is 5.26 Å². The summed E-state index contributed by atoms with van der Waals surface area (Å²) < 4.78 is 5.40. The van der Waals surface area contributed by atoms with Gasteiger partial charge in [0.05, 0.1) is 6.20 Å². The topological polar surface area (TPSA) is 58.8 Å². The first-order valence-corrected chi connectivity index (χ1v) is 4.35. The average molecular weight is 197 g/mol. The van der Waals surface area contributed by atoms with Crippen LogP contribution in [0.25, 0.3) is 0 Å². The van der Waals surface area contributed by atoms with E-state index >= 15 is 0 Å². The van der Waals surface area contributed by atoms with Crippen LogP contribution in [0.1, 0.15) is 5.56 Å². The number of hydrogen-bond acceptors (Lipinski definition) is 4. The van der Waals surface area contributed by atoms with Crippen LogP contribution in [0.4, 0.5) is 0 Å². The Morgan fingerprint density at radius 3 is 2.67 bits per heavy atom. The van der Waals surface area contributed by atoms with Gasteiger partial charge < -0.3 is 4.74 Å². The zero-order valence-electron chi connectivity index (χ0n) is 7.79. The summed E-state index contributed by atoms with van der Waals surface area (Å²) in [6.45, 7) is 0. The maximum atomic E-state index is 8.80. The van der Waals surface area contributed by atoms with Crippen molar-refractivity contribution in [2.24, 2.45) is 0 Å². The van der Waals surface area contributed by atoms with E-state index in [1.807, 2.05) is 24.3 Å². The highest BCUT2D eigenvalue weighted by molar-refractivity contribution is 5.38. The van der Waals surface area contributed by atoms with Crippen LogP contribution in [0.15, 0.2) is 42.6 Å². The predicted octanol–water partition coefficient (Wildman–Crippen LogP) is 2.14. The van der Waals surface area contributed by atoms with E-state index in [-0.39, 0.29) is 5.88 Å². The third-order valence-corrected chi connectivity index (χ3v) is 1.77. The molecule has 0 saturated carbocycles. The Balaban J connectivity index is 2.29. The van der Waals surface area contributed by atoms with Crippen molar-refractivity contribution in [2.75, 3.05) is 0 Å². The summed E-state index contributed by atoms with van der Waals surface area (Å²) in [4.78, 5) is 0. The van der Waals surface area contributed by atoms with Crippen LogP contribution in [-0.2, 0) is 0 Å². The van der Waals surface area contributed by atoms with Gasteiger partial charge in [-0.15, -0.1) is 5.10 Å². The number of ether oxygens (including phenoxy) is 1. The SMILES string of the molecule is N#Cc1ccnnc1Oc1ccccc1. The molecule has 1 aromatic carbocycles. The number of hydrogen-bond donors (Lipinski definition) is 0. The van der Waals surface area contributed by atoms with Gasteiger partial charge in [0.15, 0.2) is 0 Å². The number of benzene rings is 1. The lowest BCUT2D eigenvalue weighted by Gasteiger charge is -2.03. The molecular weight excluding hydrogens is 190 g/mol. The molecule has 0 atom stereocenters. The van der Waals surface area contributed by atoms with Gasteiger partial charge in [-0.1, -0.05) is 18.2 Å². The quantitative estimate of drug-likeness (QED) is 0.740. The molecule has 1 heterocycles. The van der Waals surface area contributed by atoms with Crippen LogP contribution >= 0.6 is 0 Å². The molecule has 0 spiro atoms. The first-order valence-electron chi connectivity index (χ1n) is 4.35. The van der Waals surface area contributed by atoms with Crippen molar-refractivity contribution < 1.29 is 4.74 Å². The minimum Gasteiger partial charge on any atom is -0.437 e. The third-order valence-electron chi connectivity index (χ3n) is 1.77. The molecule has 0 unspecified atom stereocenters. The van der Waals surface area contributed by atoms with Gasteiger partial charge in [-0.05, 0) is 18.2 Å². The van der Waals surface area contributed by atoms with Crippen LogP contribution in [-0.4, -0.2) is 10.2 Å². The second-order valence-corrected chi connectivity index (χ2v) is 2.78. The predicted molar refractivity (Wildman–Crippen MR) is 53.3 cm³/mol. The highest BCUT2D eigenvalue weighted by atomic mass is 16.5. The van der Waals surface area contributed by atoms with Gasteiger partial charge in [-0.2, -0.15) is 10.4 Å².